The van der Waals surface area contributed by atoms with E-state index in [0.717, 1.165) is 0 Å². The molecule has 2 N–H and O–H groups in total. The van der Waals surface area contributed by atoms with E-state index in [4.69, 9.17) is 27.9 Å². The van der Waals surface area contributed by atoms with Crippen LogP contribution >= 0.6 is 23.2 Å². The first-order valence-corrected chi connectivity index (χ1v) is 7.77. The van der Waals surface area contributed by atoms with E-state index in [0.29, 0.717) is 11.4 Å². The number of carbonyl (C=O) groups is 1. The molecule has 0 atom stereocenters. The number of halogens is 4. The van der Waals surface area contributed by atoms with Crippen LogP contribution in [0.1, 0.15) is 0 Å². The molecule has 2 aromatic carbocycles. The van der Waals surface area contributed by atoms with Crippen LogP contribution in [0.15, 0.2) is 36.4 Å². The van der Waals surface area contributed by atoms with Gasteiger partial charge in [-0.05, 0) is 24.3 Å². The zero-order valence-corrected chi connectivity index (χ0v) is 14.5. The summed E-state index contributed by atoms with van der Waals surface area (Å²) < 4.78 is 34.1. The molecule has 134 valence electrons. The van der Waals surface area contributed by atoms with E-state index in [1.807, 2.05) is 0 Å². The molecule has 5 nitrogen and oxygen atoms in total. The van der Waals surface area contributed by atoms with E-state index in [2.05, 4.69) is 15.4 Å². The van der Waals surface area contributed by atoms with Gasteiger partial charge in [0.1, 0.15) is 5.75 Å². The number of hydrogen-bond acceptors (Lipinski definition) is 4. The molecule has 1 amide bonds. The Kier molecular flexibility index (Phi) is 6.66. The summed E-state index contributed by atoms with van der Waals surface area (Å²) in [4.78, 5) is 12.0. The Hall–Kier alpha value is -2.25. The molecule has 0 aliphatic carbocycles. The van der Waals surface area contributed by atoms with Gasteiger partial charge in [-0.25, -0.2) is 0 Å². The summed E-state index contributed by atoms with van der Waals surface area (Å²) >= 11 is 12.0. The largest absolute Gasteiger partial charge is 0.494 e. The molecule has 0 aliphatic heterocycles. The van der Waals surface area contributed by atoms with Gasteiger partial charge in [0, 0.05) is 5.69 Å². The predicted molar refractivity (Wildman–Crippen MR) is 93.2 cm³/mol. The summed E-state index contributed by atoms with van der Waals surface area (Å²) in [7, 11) is 1.44. The van der Waals surface area contributed by atoms with Crippen LogP contribution in [0.5, 0.6) is 11.5 Å². The van der Waals surface area contributed by atoms with E-state index in [-0.39, 0.29) is 28.0 Å². The van der Waals surface area contributed by atoms with Crippen LogP contribution in [0, 0.1) is 0 Å². The zero-order chi connectivity index (χ0) is 18.4. The van der Waals surface area contributed by atoms with E-state index in [9.17, 15) is 13.6 Å². The zero-order valence-electron chi connectivity index (χ0n) is 13.0. The smallest absolute Gasteiger partial charge is 0.387 e. The van der Waals surface area contributed by atoms with Crippen molar-refractivity contribution in [3.8, 4) is 11.5 Å². The quantitative estimate of drug-likeness (QED) is 0.721. The minimum absolute atomic E-state index is 0.124. The van der Waals surface area contributed by atoms with Crippen molar-refractivity contribution in [3.05, 3.63) is 46.4 Å². The number of rotatable bonds is 7. The van der Waals surface area contributed by atoms with Crippen LogP contribution in [0.25, 0.3) is 0 Å². The molecule has 0 bridgehead atoms. The first-order valence-electron chi connectivity index (χ1n) is 7.01. The highest BCUT2D eigenvalue weighted by atomic mass is 35.5. The average molecular weight is 391 g/mol. The van der Waals surface area contributed by atoms with Crippen LogP contribution in [0.3, 0.4) is 0 Å². The fourth-order valence-corrected chi connectivity index (χ4v) is 2.64. The third kappa shape index (κ3) is 5.37. The van der Waals surface area contributed by atoms with Gasteiger partial charge in [0.05, 0.1) is 29.4 Å². The van der Waals surface area contributed by atoms with Gasteiger partial charge in [0.15, 0.2) is 5.75 Å². The number of carbonyl (C=O) groups excluding carboxylic acids is 1. The lowest BCUT2D eigenvalue weighted by Crippen LogP contribution is -2.22. The molecule has 0 fully saturated rings. The molecule has 0 aromatic heterocycles. The van der Waals surface area contributed by atoms with Gasteiger partial charge in [-0.3, -0.25) is 4.79 Å². The van der Waals surface area contributed by atoms with Gasteiger partial charge in [-0.15, -0.1) is 0 Å². The molecular weight excluding hydrogens is 377 g/mol. The molecular formula is C16H14Cl2F2N2O3. The van der Waals surface area contributed by atoms with Crippen molar-refractivity contribution in [2.45, 2.75) is 6.61 Å². The Morgan fingerprint density at radius 1 is 1.20 bits per heavy atom. The fourth-order valence-electron chi connectivity index (χ4n) is 2.00. The summed E-state index contributed by atoms with van der Waals surface area (Å²) in [6.45, 7) is -3.12. The Morgan fingerprint density at radius 3 is 2.44 bits per heavy atom. The summed E-state index contributed by atoms with van der Waals surface area (Å²) in [6, 6.07) is 8.99. The second kappa shape index (κ2) is 8.73. The van der Waals surface area contributed by atoms with E-state index in [1.54, 1.807) is 18.2 Å². The third-order valence-electron chi connectivity index (χ3n) is 3.03. The maximum absolute atomic E-state index is 12.4. The first-order chi connectivity index (χ1) is 11.9. The van der Waals surface area contributed by atoms with E-state index < -0.39 is 12.5 Å². The maximum Gasteiger partial charge on any atom is 0.387 e. The minimum Gasteiger partial charge on any atom is -0.494 e. The van der Waals surface area contributed by atoms with Gasteiger partial charge >= 0.3 is 6.61 Å². The lowest BCUT2D eigenvalue weighted by atomic mass is 10.3. The number of amides is 1. The van der Waals surface area contributed by atoms with Crippen molar-refractivity contribution >= 4 is 40.5 Å². The van der Waals surface area contributed by atoms with Crippen LogP contribution < -0.4 is 20.1 Å². The topological polar surface area (TPSA) is 59.6 Å². The second-order valence-corrected chi connectivity index (χ2v) is 5.56. The molecule has 0 saturated heterocycles. The normalized spacial score (nSPS) is 10.5. The standard InChI is InChI=1S/C16H14Cl2F2N2O3/c1-24-15-10(17)6-9(7-11(15)18)21-8-14(23)22-12-4-2-3-5-13(12)25-16(19)20/h2-7,16,21H,8H2,1H3,(H,22,23). The SMILES string of the molecule is COc1c(Cl)cc(NCC(=O)Nc2ccccc2OC(F)F)cc1Cl. The van der Waals surface area contributed by atoms with Gasteiger partial charge in [-0.1, -0.05) is 35.3 Å². The monoisotopic (exact) mass is 390 g/mol. The molecule has 25 heavy (non-hydrogen) atoms. The average Bonchev–Trinajstić information content (AvgIpc) is 2.54. The third-order valence-corrected chi connectivity index (χ3v) is 3.59. The molecule has 0 unspecified atom stereocenters. The molecule has 2 rings (SSSR count). The van der Waals surface area contributed by atoms with Crippen molar-refractivity contribution in [3.63, 3.8) is 0 Å². The number of methoxy groups -OCH3 is 1. The summed E-state index contributed by atoms with van der Waals surface area (Å²) in [5.74, 6) is -0.258. The lowest BCUT2D eigenvalue weighted by molar-refractivity contribution is -0.114. The minimum atomic E-state index is -2.99. The molecule has 0 radical (unpaired) electrons. The van der Waals surface area contributed by atoms with Crippen molar-refractivity contribution in [1.82, 2.24) is 0 Å². The molecule has 0 spiro atoms. The number of nitrogens with one attached hydrogen (secondary N) is 2. The van der Waals surface area contributed by atoms with Gasteiger partial charge < -0.3 is 20.1 Å². The van der Waals surface area contributed by atoms with Crippen LogP contribution in [-0.4, -0.2) is 26.2 Å². The van der Waals surface area contributed by atoms with Gasteiger partial charge in [0.2, 0.25) is 5.91 Å². The highest BCUT2D eigenvalue weighted by Gasteiger charge is 2.12. The Morgan fingerprint density at radius 2 is 1.84 bits per heavy atom. The fraction of sp³-hybridized carbons (Fsp3) is 0.188. The van der Waals surface area contributed by atoms with Crippen molar-refractivity contribution in [2.75, 3.05) is 24.3 Å². The summed E-state index contributed by atoms with van der Waals surface area (Å²) in [5.41, 5.74) is 0.642. The Labute approximate surface area is 152 Å². The molecule has 0 aliphatic rings. The number of anilines is 2. The molecule has 2 aromatic rings. The van der Waals surface area contributed by atoms with Crippen LogP contribution in [0.4, 0.5) is 20.2 Å². The van der Waals surface area contributed by atoms with E-state index >= 15 is 0 Å². The predicted octanol–water partition coefficient (Wildman–Crippen LogP) is 4.65. The number of hydrogen-bond donors (Lipinski definition) is 2. The molecule has 9 heteroatoms. The van der Waals surface area contributed by atoms with E-state index in [1.165, 1.54) is 25.3 Å². The Balaban J connectivity index is 2.00. The van der Waals surface area contributed by atoms with Crippen molar-refractivity contribution in [2.24, 2.45) is 0 Å². The van der Waals surface area contributed by atoms with Crippen LogP contribution in [-0.2, 0) is 4.79 Å². The van der Waals surface area contributed by atoms with Gasteiger partial charge in [0.25, 0.3) is 0 Å². The summed E-state index contributed by atoms with van der Waals surface area (Å²) in [5, 5.41) is 5.89. The highest BCUT2D eigenvalue weighted by Crippen LogP contribution is 2.35. The number of ether oxygens (including phenoxy) is 2. The second-order valence-electron chi connectivity index (χ2n) is 4.75. The van der Waals surface area contributed by atoms with Crippen LogP contribution in [0.2, 0.25) is 10.0 Å². The highest BCUT2D eigenvalue weighted by molar-refractivity contribution is 6.37. The number of benzene rings is 2. The molecule has 0 heterocycles. The number of alkyl halides is 2. The van der Waals surface area contributed by atoms with Crippen molar-refractivity contribution < 1.29 is 23.0 Å². The summed E-state index contributed by atoms with van der Waals surface area (Å²) in [6.07, 6.45) is 0. The number of para-hydroxylation sites is 2. The van der Waals surface area contributed by atoms with Crippen molar-refractivity contribution in [1.29, 1.82) is 0 Å². The van der Waals surface area contributed by atoms with Gasteiger partial charge in [-0.2, -0.15) is 8.78 Å². The first kappa shape index (κ1) is 19.1. The molecule has 0 saturated carbocycles. The maximum atomic E-state index is 12.4. The Bertz CT molecular complexity index is 737. The lowest BCUT2D eigenvalue weighted by Gasteiger charge is -2.13.